The second kappa shape index (κ2) is 2.97. The van der Waals surface area contributed by atoms with Crippen LogP contribution in [0.5, 0.6) is 0 Å². The summed E-state index contributed by atoms with van der Waals surface area (Å²) in [5, 5.41) is 6.20. The maximum absolute atomic E-state index is 3.57. The summed E-state index contributed by atoms with van der Waals surface area (Å²) in [6.07, 6.45) is 4.49. The number of aryl methyl sites for hydroxylation is 1. The van der Waals surface area contributed by atoms with E-state index in [0.29, 0.717) is 0 Å². The van der Waals surface area contributed by atoms with Crippen LogP contribution >= 0.6 is 0 Å². The number of hydrogen-bond donors (Lipinski definition) is 1. The first-order valence-corrected chi connectivity index (χ1v) is 1.77. The van der Waals surface area contributed by atoms with Gasteiger partial charge in [0.15, 0.2) is 0 Å². The molecule has 0 unspecified atom stereocenters. The number of aromatic nitrogens is 2. The molecule has 0 aliphatic carbocycles. The Kier molecular flexibility index (Phi) is 2.93. The summed E-state index contributed by atoms with van der Waals surface area (Å²) in [6, 6.07) is 0. The summed E-state index contributed by atoms with van der Waals surface area (Å²) < 4.78 is 0. The maximum atomic E-state index is 3.57. The van der Waals surface area contributed by atoms with Crippen molar-refractivity contribution in [2.24, 2.45) is 0 Å². The van der Waals surface area contributed by atoms with E-state index in [1.807, 2.05) is 6.92 Å². The zero-order valence-corrected chi connectivity index (χ0v) is 6.87. The van der Waals surface area contributed by atoms with E-state index < -0.39 is 0 Å². The summed E-state index contributed by atoms with van der Waals surface area (Å²) in [5.41, 5.74) is 1.05. The van der Waals surface area contributed by atoms with Crippen LogP contribution < -0.4 is 0 Å². The molecule has 0 aromatic carbocycles. The summed E-state index contributed by atoms with van der Waals surface area (Å²) in [7, 11) is 0. The van der Waals surface area contributed by atoms with Crippen LogP contribution in [0.4, 0.5) is 0 Å². The smallest absolute Gasteiger partial charge is 0 e. The number of nitrogens with zero attached hydrogens (tertiary/aromatic N) is 1. The minimum atomic E-state index is 0. The van der Waals surface area contributed by atoms with Crippen molar-refractivity contribution in [3.63, 3.8) is 0 Å². The van der Waals surface area contributed by atoms with Gasteiger partial charge in [0.1, 0.15) is 0 Å². The molecular formula is C4H5N2W-. The van der Waals surface area contributed by atoms with Crippen molar-refractivity contribution in [3.8, 4) is 0 Å². The minimum Gasteiger partial charge on any atom is -0.382 e. The van der Waals surface area contributed by atoms with Gasteiger partial charge in [0.25, 0.3) is 0 Å². The Morgan fingerprint density at radius 3 is 2.71 bits per heavy atom. The van der Waals surface area contributed by atoms with Crippen molar-refractivity contribution < 1.29 is 21.1 Å². The van der Waals surface area contributed by atoms with Crippen molar-refractivity contribution in [2.45, 2.75) is 6.92 Å². The van der Waals surface area contributed by atoms with Crippen molar-refractivity contribution in [2.75, 3.05) is 0 Å². The Bertz CT molecular complexity index is 113. The minimum absolute atomic E-state index is 0. The van der Waals surface area contributed by atoms with Crippen LogP contribution in [0.2, 0.25) is 0 Å². The van der Waals surface area contributed by atoms with Gasteiger partial charge in [-0.15, -0.1) is 12.4 Å². The Morgan fingerprint density at radius 2 is 2.57 bits per heavy atom. The van der Waals surface area contributed by atoms with Crippen LogP contribution in [0.3, 0.4) is 0 Å². The van der Waals surface area contributed by atoms with Gasteiger partial charge >= 0.3 is 0 Å². The van der Waals surface area contributed by atoms with Gasteiger partial charge in [-0.25, -0.2) is 0 Å². The third kappa shape index (κ3) is 1.88. The third-order valence-corrected chi connectivity index (χ3v) is 0.578. The van der Waals surface area contributed by atoms with E-state index in [0.717, 1.165) is 5.56 Å². The van der Waals surface area contributed by atoms with E-state index in [1.165, 1.54) is 0 Å². The zero-order valence-electron chi connectivity index (χ0n) is 3.93. The van der Waals surface area contributed by atoms with Gasteiger partial charge in [0.05, 0.1) is 0 Å². The van der Waals surface area contributed by atoms with Gasteiger partial charge in [-0.3, -0.25) is 0 Å². The first-order valence-electron chi connectivity index (χ1n) is 1.77. The normalized spacial score (nSPS) is 7.57. The fourth-order valence-electron chi connectivity index (χ4n) is 0.282. The van der Waals surface area contributed by atoms with Crippen molar-refractivity contribution >= 4 is 0 Å². The molecule has 0 aliphatic heterocycles. The Morgan fingerprint density at radius 1 is 1.86 bits per heavy atom. The number of hydrogen-bond acceptors (Lipinski definition) is 1. The Balaban J connectivity index is 0.000000360. The molecule has 0 radical (unpaired) electrons. The Labute approximate surface area is 56.6 Å². The average Bonchev–Trinajstić information content (AvgIpc) is 1.86. The van der Waals surface area contributed by atoms with E-state index in [4.69, 9.17) is 0 Å². The molecule has 0 amide bonds. The van der Waals surface area contributed by atoms with Crippen LogP contribution in [-0.4, -0.2) is 10.2 Å². The van der Waals surface area contributed by atoms with Gasteiger partial charge in [0.2, 0.25) is 0 Å². The molecule has 0 saturated carbocycles. The van der Waals surface area contributed by atoms with E-state index in [9.17, 15) is 0 Å². The molecule has 7 heavy (non-hydrogen) atoms. The molecule has 2 nitrogen and oxygen atoms in total. The van der Waals surface area contributed by atoms with Crippen LogP contribution in [0.15, 0.2) is 6.20 Å². The summed E-state index contributed by atoms with van der Waals surface area (Å²) in [5.74, 6) is 0. The molecule has 1 rings (SSSR count). The van der Waals surface area contributed by atoms with E-state index in [1.54, 1.807) is 6.20 Å². The van der Waals surface area contributed by atoms with Gasteiger partial charge in [-0.05, 0) is 0 Å². The Hall–Kier alpha value is -0.102. The van der Waals surface area contributed by atoms with Gasteiger partial charge in [0, 0.05) is 21.1 Å². The van der Waals surface area contributed by atoms with E-state index in [2.05, 4.69) is 16.4 Å². The largest absolute Gasteiger partial charge is 0.382 e. The molecule has 0 bridgehead atoms. The molecule has 1 N–H and O–H groups in total. The van der Waals surface area contributed by atoms with Gasteiger partial charge < -0.3 is 10.2 Å². The summed E-state index contributed by atoms with van der Waals surface area (Å²) in [4.78, 5) is 0. The van der Waals surface area contributed by atoms with Crippen LogP contribution in [0.25, 0.3) is 0 Å². The number of H-pyrrole nitrogens is 1. The van der Waals surface area contributed by atoms with Crippen LogP contribution in [-0.2, 0) is 21.1 Å². The molecule has 3 heteroatoms. The average molecular weight is 265 g/mol. The molecule has 0 atom stereocenters. The second-order valence-electron chi connectivity index (χ2n) is 1.18. The number of nitrogens with one attached hydrogen (secondary N) is 1. The standard InChI is InChI=1S/C4H5N2.W/c1-4-2-5-6-3-4;/h2H,1H3,(H,5,6);/q-1;. The van der Waals surface area contributed by atoms with Crippen molar-refractivity contribution in [3.05, 3.63) is 18.0 Å². The first-order chi connectivity index (χ1) is 2.89. The number of aromatic amines is 1. The molecular weight excluding hydrogens is 260 g/mol. The quantitative estimate of drug-likeness (QED) is 0.680. The second-order valence-corrected chi connectivity index (χ2v) is 1.18. The molecule has 0 spiro atoms. The van der Waals surface area contributed by atoms with Gasteiger partial charge in [-0.2, -0.15) is 5.56 Å². The molecule has 1 aromatic rings. The van der Waals surface area contributed by atoms with Crippen LogP contribution in [0.1, 0.15) is 5.56 Å². The number of rotatable bonds is 0. The fraction of sp³-hybridized carbons (Fsp3) is 0.250. The summed E-state index contributed by atoms with van der Waals surface area (Å²) >= 11 is 0. The first kappa shape index (κ1) is 6.90. The molecule has 0 fully saturated rings. The zero-order chi connectivity index (χ0) is 4.41. The maximum Gasteiger partial charge on any atom is 0 e. The van der Waals surface area contributed by atoms with E-state index >= 15 is 0 Å². The molecule has 38 valence electrons. The molecule has 0 saturated heterocycles. The SMILES string of the molecule is Cc1[c-]n[nH]c1.[W]. The molecule has 0 aliphatic rings. The molecule has 1 aromatic heterocycles. The van der Waals surface area contributed by atoms with Crippen molar-refractivity contribution in [1.82, 2.24) is 10.2 Å². The molecule has 1 heterocycles. The van der Waals surface area contributed by atoms with E-state index in [-0.39, 0.29) is 21.1 Å². The third-order valence-electron chi connectivity index (χ3n) is 0.578. The predicted molar refractivity (Wildman–Crippen MR) is 22.2 cm³/mol. The summed E-state index contributed by atoms with van der Waals surface area (Å²) in [6.45, 7) is 1.93. The predicted octanol–water partition coefficient (Wildman–Crippen LogP) is 0.516. The topological polar surface area (TPSA) is 28.7 Å². The van der Waals surface area contributed by atoms with Gasteiger partial charge in [-0.1, -0.05) is 6.92 Å². The van der Waals surface area contributed by atoms with Crippen molar-refractivity contribution in [1.29, 1.82) is 0 Å². The fourth-order valence-corrected chi connectivity index (χ4v) is 0.282. The monoisotopic (exact) mass is 265 g/mol. The van der Waals surface area contributed by atoms with Crippen LogP contribution in [0, 0.1) is 13.1 Å².